The van der Waals surface area contributed by atoms with Crippen LogP contribution in [-0.2, 0) is 20.6 Å². The van der Waals surface area contributed by atoms with Crippen LogP contribution in [0.4, 0.5) is 0 Å². The highest BCUT2D eigenvalue weighted by molar-refractivity contribution is 7.93. The first kappa shape index (κ1) is 42.1. The lowest BCUT2D eigenvalue weighted by Gasteiger charge is -2.41. The number of ether oxygens (including phenoxy) is 2. The van der Waals surface area contributed by atoms with E-state index in [1.165, 1.54) is 128 Å². The second-order valence-corrected chi connectivity index (χ2v) is 15.2. The first-order chi connectivity index (χ1) is 20.4. The SMILES string of the molecule is CCCCCCCCCCCCCCC(C)(OCCO)[S+]([O-])C(C)(CCCCCCCCCCCCCC)OCCO. The molecule has 0 saturated carbocycles. The van der Waals surface area contributed by atoms with Crippen molar-refractivity contribution in [1.29, 1.82) is 0 Å². The third-order valence-electron chi connectivity index (χ3n) is 8.75. The van der Waals surface area contributed by atoms with E-state index in [0.29, 0.717) is 12.8 Å². The van der Waals surface area contributed by atoms with Gasteiger partial charge in [-0.1, -0.05) is 155 Å². The Morgan fingerprint density at radius 2 is 0.690 bits per heavy atom. The molecule has 254 valence electrons. The van der Waals surface area contributed by atoms with Crippen molar-refractivity contribution in [3.05, 3.63) is 0 Å². The van der Waals surface area contributed by atoms with E-state index in [-0.39, 0.29) is 26.4 Å². The topological polar surface area (TPSA) is 82.0 Å². The molecule has 0 saturated heterocycles. The standard InChI is InChI=1S/C36H74O5S/c1-5-7-9-11-13-15-17-19-21-23-25-27-29-35(3,40-33-31-37)42(39)36(4,41-34-32-38)30-28-26-24-22-20-18-16-14-12-10-8-6-2/h37-38H,5-34H2,1-4H3. The first-order valence-electron chi connectivity index (χ1n) is 18.3. The van der Waals surface area contributed by atoms with Gasteiger partial charge >= 0.3 is 0 Å². The van der Waals surface area contributed by atoms with Crippen molar-refractivity contribution < 1.29 is 24.2 Å². The summed E-state index contributed by atoms with van der Waals surface area (Å²) < 4.78 is 26.2. The molecular weight excluding hydrogens is 544 g/mol. The Labute approximate surface area is 265 Å². The van der Waals surface area contributed by atoms with Crippen LogP contribution in [0, 0.1) is 0 Å². The van der Waals surface area contributed by atoms with Gasteiger partial charge in [0.25, 0.3) is 0 Å². The van der Waals surface area contributed by atoms with E-state index in [2.05, 4.69) is 13.8 Å². The van der Waals surface area contributed by atoms with E-state index in [1.54, 1.807) is 0 Å². The van der Waals surface area contributed by atoms with Gasteiger partial charge < -0.3 is 24.2 Å². The summed E-state index contributed by atoms with van der Waals surface area (Å²) in [6.45, 7) is 8.58. The smallest absolute Gasteiger partial charge is 0.225 e. The van der Waals surface area contributed by atoms with Crippen molar-refractivity contribution in [2.24, 2.45) is 0 Å². The Kier molecular flexibility index (Phi) is 29.9. The summed E-state index contributed by atoms with van der Waals surface area (Å²) in [7, 11) is 0. The van der Waals surface area contributed by atoms with Gasteiger partial charge in [0.15, 0.2) is 0 Å². The number of hydrogen-bond donors (Lipinski definition) is 2. The summed E-state index contributed by atoms with van der Waals surface area (Å²) in [5, 5.41) is 18.9. The minimum absolute atomic E-state index is 0.0851. The van der Waals surface area contributed by atoms with Crippen molar-refractivity contribution in [2.75, 3.05) is 26.4 Å². The molecule has 0 radical (unpaired) electrons. The highest BCUT2D eigenvalue weighted by Crippen LogP contribution is 2.39. The van der Waals surface area contributed by atoms with Gasteiger partial charge in [0.05, 0.1) is 26.4 Å². The molecule has 0 aromatic heterocycles. The first-order valence-corrected chi connectivity index (χ1v) is 19.5. The number of rotatable bonds is 34. The van der Waals surface area contributed by atoms with Crippen LogP contribution in [0.2, 0.25) is 0 Å². The fourth-order valence-corrected chi connectivity index (χ4v) is 7.94. The normalized spacial score (nSPS) is 15.5. The Bertz CT molecular complexity index is 505. The Hall–Kier alpha value is 0.150. The summed E-state index contributed by atoms with van der Waals surface area (Å²) in [5.74, 6) is 0. The van der Waals surface area contributed by atoms with Gasteiger partial charge in [-0.25, -0.2) is 0 Å². The predicted octanol–water partition coefficient (Wildman–Crippen LogP) is 10.4. The van der Waals surface area contributed by atoms with Gasteiger partial charge in [0.1, 0.15) is 0 Å². The van der Waals surface area contributed by atoms with Crippen molar-refractivity contribution in [3.8, 4) is 0 Å². The summed E-state index contributed by atoms with van der Waals surface area (Å²) in [4.78, 5) is -1.74. The Morgan fingerprint density at radius 1 is 0.452 bits per heavy atom. The molecule has 0 amide bonds. The molecule has 0 aliphatic carbocycles. The van der Waals surface area contributed by atoms with E-state index in [4.69, 9.17) is 9.47 Å². The molecule has 42 heavy (non-hydrogen) atoms. The van der Waals surface area contributed by atoms with Crippen molar-refractivity contribution in [3.63, 3.8) is 0 Å². The highest BCUT2D eigenvalue weighted by Gasteiger charge is 2.50. The predicted molar refractivity (Wildman–Crippen MR) is 182 cm³/mol. The zero-order valence-electron chi connectivity index (χ0n) is 28.7. The molecule has 5 nitrogen and oxygen atoms in total. The fraction of sp³-hybridized carbons (Fsp3) is 1.00. The van der Waals surface area contributed by atoms with Crippen LogP contribution in [0.25, 0.3) is 0 Å². The lowest BCUT2D eigenvalue weighted by atomic mass is 10.0. The van der Waals surface area contributed by atoms with Crippen LogP contribution in [0.15, 0.2) is 0 Å². The largest absolute Gasteiger partial charge is 0.612 e. The van der Waals surface area contributed by atoms with E-state index in [9.17, 15) is 14.8 Å². The van der Waals surface area contributed by atoms with E-state index in [1.807, 2.05) is 13.8 Å². The van der Waals surface area contributed by atoms with Crippen LogP contribution >= 0.6 is 0 Å². The molecule has 6 heteroatoms. The maximum absolute atomic E-state index is 14.1. The molecule has 0 rings (SSSR count). The summed E-state index contributed by atoms with van der Waals surface area (Å²) in [5.41, 5.74) is 0. The Balaban J connectivity index is 4.52. The van der Waals surface area contributed by atoms with Crippen LogP contribution in [-0.4, -0.2) is 51.1 Å². The van der Waals surface area contributed by atoms with Crippen LogP contribution in [0.3, 0.4) is 0 Å². The summed E-state index contributed by atoms with van der Waals surface area (Å²) in [6, 6.07) is 0. The molecule has 2 atom stereocenters. The monoisotopic (exact) mass is 619 g/mol. The lowest BCUT2D eigenvalue weighted by Crippen LogP contribution is -2.52. The highest BCUT2D eigenvalue weighted by atomic mass is 32.2. The second kappa shape index (κ2) is 29.8. The fourth-order valence-electron chi connectivity index (χ4n) is 5.99. The second-order valence-electron chi connectivity index (χ2n) is 13.0. The van der Waals surface area contributed by atoms with E-state index in [0.717, 1.165) is 25.7 Å². The number of unbranched alkanes of at least 4 members (excludes halogenated alkanes) is 22. The zero-order valence-corrected chi connectivity index (χ0v) is 29.6. The van der Waals surface area contributed by atoms with Gasteiger partial charge in [-0.05, 0) is 12.8 Å². The van der Waals surface area contributed by atoms with Gasteiger partial charge in [0, 0.05) is 37.9 Å². The summed E-state index contributed by atoms with van der Waals surface area (Å²) in [6.07, 6.45) is 32.1. The van der Waals surface area contributed by atoms with Gasteiger partial charge in [-0.15, -0.1) is 0 Å². The molecule has 0 bridgehead atoms. The maximum atomic E-state index is 14.1. The van der Waals surface area contributed by atoms with Crippen LogP contribution < -0.4 is 0 Å². The molecule has 0 spiro atoms. The third kappa shape index (κ3) is 22.6. The number of aliphatic hydroxyl groups is 2. The van der Waals surface area contributed by atoms with Crippen molar-refractivity contribution in [2.45, 2.75) is 205 Å². The minimum Gasteiger partial charge on any atom is -0.612 e. The maximum Gasteiger partial charge on any atom is 0.225 e. The third-order valence-corrected chi connectivity index (χ3v) is 11.0. The molecular formula is C36H74O5S. The summed E-state index contributed by atoms with van der Waals surface area (Å²) >= 11 is -1.43. The molecule has 0 fully saturated rings. The van der Waals surface area contributed by atoms with Crippen molar-refractivity contribution >= 4 is 11.2 Å². The van der Waals surface area contributed by atoms with Crippen LogP contribution in [0.1, 0.15) is 195 Å². The van der Waals surface area contributed by atoms with Crippen molar-refractivity contribution in [1.82, 2.24) is 0 Å². The Morgan fingerprint density at radius 3 is 0.929 bits per heavy atom. The molecule has 0 heterocycles. The molecule has 0 aliphatic rings. The molecule has 0 aliphatic heterocycles. The minimum atomic E-state index is -1.43. The average Bonchev–Trinajstić information content (AvgIpc) is 2.99. The molecule has 0 aromatic rings. The van der Waals surface area contributed by atoms with E-state index < -0.39 is 21.0 Å². The zero-order chi connectivity index (χ0) is 31.2. The number of aliphatic hydroxyl groups excluding tert-OH is 2. The van der Waals surface area contributed by atoms with Gasteiger partial charge in [-0.2, -0.15) is 0 Å². The molecule has 0 aromatic carbocycles. The van der Waals surface area contributed by atoms with Gasteiger partial charge in [-0.3, -0.25) is 0 Å². The molecule has 2 unspecified atom stereocenters. The number of hydrogen-bond acceptors (Lipinski definition) is 5. The average molecular weight is 619 g/mol. The van der Waals surface area contributed by atoms with Crippen LogP contribution in [0.5, 0.6) is 0 Å². The van der Waals surface area contributed by atoms with E-state index >= 15 is 0 Å². The lowest BCUT2D eigenvalue weighted by molar-refractivity contribution is -0.0251. The quantitative estimate of drug-likeness (QED) is 0.0554. The van der Waals surface area contributed by atoms with Gasteiger partial charge in [0.2, 0.25) is 9.87 Å². The molecule has 2 N–H and O–H groups in total.